The Morgan fingerprint density at radius 3 is 2.07 bits per heavy atom. The fourth-order valence-electron chi connectivity index (χ4n) is 3.86. The molecule has 1 aliphatic heterocycles. The van der Waals surface area contributed by atoms with E-state index in [9.17, 15) is 0 Å². The van der Waals surface area contributed by atoms with Crippen LogP contribution in [0.5, 0.6) is 11.5 Å². The molecule has 0 amide bonds. The maximum atomic E-state index is 6.13. The summed E-state index contributed by atoms with van der Waals surface area (Å²) in [7, 11) is 0. The Kier molecular flexibility index (Phi) is 3.74. The summed E-state index contributed by atoms with van der Waals surface area (Å²) in [5, 5.41) is 1.01. The van der Waals surface area contributed by atoms with Crippen molar-refractivity contribution in [1.82, 2.24) is 9.97 Å². The van der Waals surface area contributed by atoms with Gasteiger partial charge in [0.25, 0.3) is 0 Å². The first-order valence-electron chi connectivity index (χ1n) is 9.85. The molecule has 0 N–H and O–H groups in total. The Morgan fingerprint density at radius 1 is 0.667 bits per heavy atom. The van der Waals surface area contributed by atoms with Crippen LogP contribution in [-0.2, 0) is 0 Å². The van der Waals surface area contributed by atoms with Gasteiger partial charge >= 0.3 is 0 Å². The van der Waals surface area contributed by atoms with Gasteiger partial charge in [0.1, 0.15) is 0 Å². The van der Waals surface area contributed by atoms with E-state index in [1.54, 1.807) is 0 Å². The highest BCUT2D eigenvalue weighted by Gasteiger charge is 2.25. The number of fused-ring (bicyclic) bond motifs is 3. The second-order valence-electron chi connectivity index (χ2n) is 7.18. The minimum atomic E-state index is 0.725. The Hall–Kier alpha value is -4.18. The summed E-state index contributed by atoms with van der Waals surface area (Å²) < 4.78 is 6.13. The molecule has 0 radical (unpaired) electrons. The van der Waals surface area contributed by atoms with E-state index in [0.29, 0.717) is 0 Å². The lowest BCUT2D eigenvalue weighted by Gasteiger charge is -2.32. The zero-order valence-electron chi connectivity index (χ0n) is 16.1. The summed E-state index contributed by atoms with van der Waals surface area (Å²) in [5.41, 5.74) is 4.96. The number of para-hydroxylation sites is 4. The van der Waals surface area contributed by atoms with Crippen molar-refractivity contribution in [2.75, 3.05) is 4.90 Å². The molecule has 142 valence electrons. The summed E-state index contributed by atoms with van der Waals surface area (Å²) in [6.45, 7) is 0. The standard InChI is InChI=1S/C26H17N3O/c1-2-8-18(9-3-1)26-27-17-19-14-15-20(16-21(19)28-26)29-22-10-4-6-12-24(22)30-25-13-7-5-11-23(25)29/h1-17H. The number of anilines is 3. The lowest BCUT2D eigenvalue weighted by atomic mass is 10.1. The van der Waals surface area contributed by atoms with Crippen molar-refractivity contribution < 1.29 is 4.74 Å². The lowest BCUT2D eigenvalue weighted by molar-refractivity contribution is 0.477. The predicted octanol–water partition coefficient (Wildman–Crippen LogP) is 6.87. The van der Waals surface area contributed by atoms with Gasteiger partial charge in [0, 0.05) is 22.8 Å². The smallest absolute Gasteiger partial charge is 0.159 e. The summed E-state index contributed by atoms with van der Waals surface area (Å²) in [6.07, 6.45) is 1.88. The quantitative estimate of drug-likeness (QED) is 0.325. The van der Waals surface area contributed by atoms with Crippen LogP contribution in [-0.4, -0.2) is 9.97 Å². The molecular weight excluding hydrogens is 370 g/mol. The minimum Gasteiger partial charge on any atom is -0.453 e. The fourth-order valence-corrected chi connectivity index (χ4v) is 3.86. The topological polar surface area (TPSA) is 38.2 Å². The number of aromatic nitrogens is 2. The lowest BCUT2D eigenvalue weighted by Crippen LogP contribution is -2.15. The first kappa shape index (κ1) is 16.7. The van der Waals surface area contributed by atoms with Crippen LogP contribution in [0.4, 0.5) is 17.1 Å². The molecule has 0 saturated carbocycles. The molecule has 4 heteroatoms. The van der Waals surface area contributed by atoms with Gasteiger partial charge in [-0.25, -0.2) is 9.97 Å². The van der Waals surface area contributed by atoms with Gasteiger partial charge in [0.2, 0.25) is 0 Å². The Bertz CT molecular complexity index is 1340. The van der Waals surface area contributed by atoms with Gasteiger partial charge in [0.15, 0.2) is 17.3 Å². The largest absolute Gasteiger partial charge is 0.453 e. The van der Waals surface area contributed by atoms with E-state index in [1.807, 2.05) is 72.9 Å². The van der Waals surface area contributed by atoms with Crippen molar-refractivity contribution in [3.05, 3.63) is 103 Å². The Labute approximate surface area is 174 Å². The zero-order valence-corrected chi connectivity index (χ0v) is 16.1. The molecule has 0 saturated heterocycles. The van der Waals surface area contributed by atoms with Crippen molar-refractivity contribution in [1.29, 1.82) is 0 Å². The van der Waals surface area contributed by atoms with Gasteiger partial charge in [-0.2, -0.15) is 0 Å². The van der Waals surface area contributed by atoms with Crippen LogP contribution in [0.25, 0.3) is 22.3 Å². The van der Waals surface area contributed by atoms with Gasteiger partial charge in [-0.15, -0.1) is 0 Å². The van der Waals surface area contributed by atoms with Crippen LogP contribution in [0.15, 0.2) is 103 Å². The van der Waals surface area contributed by atoms with Gasteiger partial charge in [-0.3, -0.25) is 0 Å². The fraction of sp³-hybridized carbons (Fsp3) is 0. The highest BCUT2D eigenvalue weighted by Crippen LogP contribution is 2.50. The van der Waals surface area contributed by atoms with Gasteiger partial charge < -0.3 is 9.64 Å². The maximum Gasteiger partial charge on any atom is 0.159 e. The zero-order chi connectivity index (χ0) is 19.9. The third-order valence-corrected chi connectivity index (χ3v) is 5.29. The summed E-state index contributed by atoms with van der Waals surface area (Å²) in [5.74, 6) is 2.40. The average Bonchev–Trinajstić information content (AvgIpc) is 2.82. The highest BCUT2D eigenvalue weighted by molar-refractivity contribution is 5.91. The van der Waals surface area contributed by atoms with Gasteiger partial charge in [0.05, 0.1) is 16.9 Å². The molecule has 30 heavy (non-hydrogen) atoms. The molecule has 5 aromatic rings. The number of hydrogen-bond donors (Lipinski definition) is 0. The molecular formula is C26H17N3O. The molecule has 6 rings (SSSR count). The van der Waals surface area contributed by atoms with E-state index in [-0.39, 0.29) is 0 Å². The van der Waals surface area contributed by atoms with Crippen LogP contribution < -0.4 is 9.64 Å². The van der Waals surface area contributed by atoms with E-state index in [4.69, 9.17) is 9.72 Å². The maximum absolute atomic E-state index is 6.13. The molecule has 1 aliphatic rings. The molecule has 0 spiro atoms. The molecule has 2 heterocycles. The monoisotopic (exact) mass is 387 g/mol. The summed E-state index contributed by atoms with van der Waals surface area (Å²) in [4.78, 5) is 11.6. The highest BCUT2D eigenvalue weighted by atomic mass is 16.5. The van der Waals surface area contributed by atoms with Crippen molar-refractivity contribution in [2.24, 2.45) is 0 Å². The SMILES string of the molecule is c1ccc(-c2ncc3ccc(N4c5ccccc5Oc5ccccc54)cc3n2)cc1. The molecule has 4 aromatic carbocycles. The number of rotatable bonds is 2. The number of hydrogen-bond acceptors (Lipinski definition) is 4. The first-order valence-corrected chi connectivity index (χ1v) is 9.85. The summed E-state index contributed by atoms with van der Waals surface area (Å²) in [6, 6.07) is 32.5. The van der Waals surface area contributed by atoms with Crippen LogP contribution in [0.1, 0.15) is 0 Å². The van der Waals surface area contributed by atoms with E-state index >= 15 is 0 Å². The van der Waals surface area contributed by atoms with E-state index in [2.05, 4.69) is 40.2 Å². The predicted molar refractivity (Wildman–Crippen MR) is 120 cm³/mol. The van der Waals surface area contributed by atoms with Crippen molar-refractivity contribution in [2.45, 2.75) is 0 Å². The first-order chi connectivity index (χ1) is 14.9. The molecule has 4 nitrogen and oxygen atoms in total. The van der Waals surface area contributed by atoms with Crippen LogP contribution >= 0.6 is 0 Å². The second kappa shape index (κ2) is 6.71. The van der Waals surface area contributed by atoms with Crippen molar-refractivity contribution in [3.63, 3.8) is 0 Å². The normalized spacial score (nSPS) is 12.2. The minimum absolute atomic E-state index is 0.725. The Morgan fingerprint density at radius 2 is 1.33 bits per heavy atom. The van der Waals surface area contributed by atoms with E-state index in [1.165, 1.54) is 0 Å². The molecule has 1 aromatic heterocycles. The van der Waals surface area contributed by atoms with Gasteiger partial charge in [-0.1, -0.05) is 54.6 Å². The average molecular weight is 387 g/mol. The molecule has 0 bridgehead atoms. The molecule has 0 atom stereocenters. The molecule has 0 unspecified atom stereocenters. The Balaban J connectivity index is 1.53. The van der Waals surface area contributed by atoms with Crippen LogP contribution in [0.2, 0.25) is 0 Å². The van der Waals surface area contributed by atoms with Crippen LogP contribution in [0.3, 0.4) is 0 Å². The van der Waals surface area contributed by atoms with E-state index < -0.39 is 0 Å². The van der Waals surface area contributed by atoms with E-state index in [0.717, 1.165) is 50.9 Å². The third-order valence-electron chi connectivity index (χ3n) is 5.29. The van der Waals surface area contributed by atoms with Crippen molar-refractivity contribution >= 4 is 28.0 Å². The second-order valence-corrected chi connectivity index (χ2v) is 7.18. The summed E-state index contributed by atoms with van der Waals surface area (Å²) >= 11 is 0. The third kappa shape index (κ3) is 2.70. The number of benzene rings is 4. The van der Waals surface area contributed by atoms with Gasteiger partial charge in [-0.05, 0) is 42.5 Å². The number of ether oxygens (including phenoxy) is 1. The molecule has 0 fully saturated rings. The molecule has 0 aliphatic carbocycles. The van der Waals surface area contributed by atoms with Crippen LogP contribution in [0, 0.1) is 0 Å². The number of nitrogens with zero attached hydrogens (tertiary/aromatic N) is 3. The van der Waals surface area contributed by atoms with Crippen molar-refractivity contribution in [3.8, 4) is 22.9 Å².